The molecule has 0 aromatic rings. The van der Waals surface area contributed by atoms with E-state index in [-0.39, 0.29) is 21.1 Å². The maximum Gasteiger partial charge on any atom is 0.191 e. The number of unbranched alkanes of at least 4 members (excludes halogenated alkanes) is 3. The Morgan fingerprint density at radius 1 is 0.722 bits per heavy atom. The van der Waals surface area contributed by atoms with Crippen LogP contribution in [0.25, 0.3) is 0 Å². The molecule has 0 bridgehead atoms. The first-order valence-electron chi connectivity index (χ1n) is 6.56. The van der Waals surface area contributed by atoms with Gasteiger partial charge in [0.05, 0.1) is 0 Å². The monoisotopic (exact) mass is 290 g/mol. The van der Waals surface area contributed by atoms with Crippen LogP contribution in [0.15, 0.2) is 0 Å². The fourth-order valence-corrected chi connectivity index (χ4v) is 1.92. The molecule has 0 radical (unpaired) electrons. The van der Waals surface area contributed by atoms with Crippen molar-refractivity contribution in [3.63, 3.8) is 0 Å². The van der Waals surface area contributed by atoms with E-state index in [1.807, 2.05) is 27.7 Å². The van der Waals surface area contributed by atoms with Crippen molar-refractivity contribution in [2.75, 3.05) is 0 Å². The fourth-order valence-electron chi connectivity index (χ4n) is 1.70. The number of hydrogen-bond donors (Lipinski definition) is 2. The largest absolute Gasteiger partial charge is 0.287 e. The van der Waals surface area contributed by atoms with Crippen LogP contribution in [0.1, 0.15) is 66.2 Å². The van der Waals surface area contributed by atoms with E-state index in [2.05, 4.69) is 25.3 Å². The second-order valence-corrected chi connectivity index (χ2v) is 7.10. The molecule has 2 nitrogen and oxygen atoms in total. The molecule has 4 heteroatoms. The fraction of sp³-hybridized carbons (Fsp3) is 0.857. The summed E-state index contributed by atoms with van der Waals surface area (Å²) in [6, 6.07) is 0. The summed E-state index contributed by atoms with van der Waals surface area (Å²) in [6.45, 7) is 7.74. The van der Waals surface area contributed by atoms with Crippen molar-refractivity contribution < 1.29 is 9.59 Å². The van der Waals surface area contributed by atoms with Crippen molar-refractivity contribution in [1.29, 1.82) is 0 Å². The van der Waals surface area contributed by atoms with E-state index in [1.54, 1.807) is 0 Å². The third-order valence-corrected chi connectivity index (χ3v) is 4.72. The third kappa shape index (κ3) is 6.83. The predicted octanol–water partition coefficient (Wildman–Crippen LogP) is 4.29. The molecule has 0 fully saturated rings. The topological polar surface area (TPSA) is 34.1 Å². The highest BCUT2D eigenvalue weighted by Gasteiger charge is 2.25. The average Bonchev–Trinajstić information content (AvgIpc) is 2.22. The van der Waals surface area contributed by atoms with Gasteiger partial charge in [-0.25, -0.2) is 0 Å². The van der Waals surface area contributed by atoms with Crippen molar-refractivity contribution in [2.24, 2.45) is 10.8 Å². The number of carbonyl (C=O) groups excluding carboxylic acids is 2. The molecule has 106 valence electrons. The predicted molar refractivity (Wildman–Crippen MR) is 83.3 cm³/mol. The molecule has 0 spiro atoms. The van der Waals surface area contributed by atoms with Gasteiger partial charge in [0, 0.05) is 10.8 Å². The molecule has 0 aromatic heterocycles. The second-order valence-electron chi connectivity index (χ2n) is 6.29. The Hall–Kier alpha value is 0.0400. The van der Waals surface area contributed by atoms with Crippen molar-refractivity contribution in [3.8, 4) is 0 Å². The Bertz CT molecular complexity index is 266. The van der Waals surface area contributed by atoms with E-state index in [1.165, 1.54) is 0 Å². The van der Waals surface area contributed by atoms with Crippen LogP contribution in [0.3, 0.4) is 0 Å². The molecule has 0 amide bonds. The summed E-state index contributed by atoms with van der Waals surface area (Å²) >= 11 is 7.80. The number of carbonyl (C=O) groups is 2. The van der Waals surface area contributed by atoms with Crippen LogP contribution in [-0.4, -0.2) is 10.2 Å². The van der Waals surface area contributed by atoms with Crippen molar-refractivity contribution in [1.82, 2.24) is 0 Å². The first-order chi connectivity index (χ1) is 8.09. The lowest BCUT2D eigenvalue weighted by Gasteiger charge is -2.21. The zero-order chi connectivity index (χ0) is 14.4. The maximum atomic E-state index is 11.2. The molecule has 0 atom stereocenters. The van der Waals surface area contributed by atoms with Gasteiger partial charge < -0.3 is 0 Å². The molecule has 0 saturated carbocycles. The number of hydrogen-bond acceptors (Lipinski definition) is 2. The smallest absolute Gasteiger partial charge is 0.191 e. The minimum atomic E-state index is -0.316. The van der Waals surface area contributed by atoms with Crippen LogP contribution >= 0.6 is 25.3 Å². The van der Waals surface area contributed by atoms with Crippen molar-refractivity contribution in [2.45, 2.75) is 66.2 Å². The van der Waals surface area contributed by atoms with Crippen LogP contribution in [0.2, 0.25) is 0 Å². The van der Waals surface area contributed by atoms with Gasteiger partial charge >= 0.3 is 0 Å². The summed E-state index contributed by atoms with van der Waals surface area (Å²) in [4.78, 5) is 22.4. The molecule has 0 rings (SSSR count). The Morgan fingerprint density at radius 3 is 1.22 bits per heavy atom. The first-order valence-corrected chi connectivity index (χ1v) is 7.46. The van der Waals surface area contributed by atoms with Crippen LogP contribution < -0.4 is 0 Å². The molecular weight excluding hydrogens is 264 g/mol. The van der Waals surface area contributed by atoms with Crippen molar-refractivity contribution >= 4 is 35.5 Å². The van der Waals surface area contributed by atoms with E-state index in [0.717, 1.165) is 38.5 Å². The lowest BCUT2D eigenvalue weighted by molar-refractivity contribution is -0.119. The van der Waals surface area contributed by atoms with Crippen LogP contribution in [-0.2, 0) is 9.59 Å². The number of rotatable bonds is 9. The Morgan fingerprint density at radius 2 is 1.00 bits per heavy atom. The normalized spacial score (nSPS) is 12.6. The average molecular weight is 290 g/mol. The van der Waals surface area contributed by atoms with Gasteiger partial charge in [0.1, 0.15) is 0 Å². The van der Waals surface area contributed by atoms with Gasteiger partial charge in [-0.2, -0.15) is 0 Å². The van der Waals surface area contributed by atoms with E-state index in [4.69, 9.17) is 0 Å². The van der Waals surface area contributed by atoms with E-state index in [0.29, 0.717) is 0 Å². The summed E-state index contributed by atoms with van der Waals surface area (Å²) < 4.78 is 0. The molecule has 0 heterocycles. The van der Waals surface area contributed by atoms with Gasteiger partial charge in [0.25, 0.3) is 0 Å². The molecule has 0 N–H and O–H groups in total. The Kier molecular flexibility index (Phi) is 7.60. The second kappa shape index (κ2) is 7.59. The SMILES string of the molecule is CC(C)(CCCCCCC(C)(C)C(=O)S)C(=O)S. The standard InChI is InChI=1S/C14H26O2S2/c1-13(2,11(15)17)9-7-5-6-8-10-14(3,4)12(16)18/h5-10H2,1-4H3,(H,15,17)(H,16,18). The molecule has 0 aromatic carbocycles. The molecule has 0 aliphatic rings. The molecule has 0 aliphatic carbocycles. The minimum Gasteiger partial charge on any atom is -0.287 e. The highest BCUT2D eigenvalue weighted by molar-refractivity contribution is 7.96. The maximum absolute atomic E-state index is 11.2. The summed E-state index contributed by atoms with van der Waals surface area (Å²) in [5.41, 5.74) is -0.632. The van der Waals surface area contributed by atoms with Gasteiger partial charge in [-0.05, 0) is 12.8 Å². The third-order valence-electron chi connectivity index (χ3n) is 3.51. The zero-order valence-corrected chi connectivity index (χ0v) is 13.7. The Balaban J connectivity index is 3.71. The number of thiol groups is 2. The van der Waals surface area contributed by atoms with Crippen LogP contribution in [0, 0.1) is 10.8 Å². The van der Waals surface area contributed by atoms with Crippen LogP contribution in [0.5, 0.6) is 0 Å². The Labute approximate surface area is 122 Å². The first kappa shape index (κ1) is 18.0. The van der Waals surface area contributed by atoms with Crippen molar-refractivity contribution in [3.05, 3.63) is 0 Å². The lowest BCUT2D eigenvalue weighted by atomic mass is 9.86. The summed E-state index contributed by atoms with van der Waals surface area (Å²) in [5, 5.41) is -0.0754. The van der Waals surface area contributed by atoms with Crippen LogP contribution in [0.4, 0.5) is 0 Å². The van der Waals surface area contributed by atoms with Gasteiger partial charge in [0.15, 0.2) is 10.2 Å². The lowest BCUT2D eigenvalue weighted by Crippen LogP contribution is -2.19. The van der Waals surface area contributed by atoms with E-state index >= 15 is 0 Å². The van der Waals surface area contributed by atoms with Gasteiger partial charge in [-0.1, -0.05) is 53.4 Å². The quantitative estimate of drug-likeness (QED) is 0.490. The highest BCUT2D eigenvalue weighted by Crippen LogP contribution is 2.29. The molecular formula is C14H26O2S2. The van der Waals surface area contributed by atoms with Gasteiger partial charge in [-0.15, -0.1) is 25.3 Å². The molecule has 0 saturated heterocycles. The summed E-state index contributed by atoms with van der Waals surface area (Å²) in [6.07, 6.45) is 6.03. The molecule has 0 unspecified atom stereocenters. The molecule has 0 aliphatic heterocycles. The highest BCUT2D eigenvalue weighted by atomic mass is 32.1. The minimum absolute atomic E-state index is 0.0377. The van der Waals surface area contributed by atoms with Gasteiger partial charge in [0.2, 0.25) is 0 Å². The zero-order valence-electron chi connectivity index (χ0n) is 12.0. The summed E-state index contributed by atoms with van der Waals surface area (Å²) in [5.74, 6) is 0. The van der Waals surface area contributed by atoms with Gasteiger partial charge in [-0.3, -0.25) is 9.59 Å². The molecule has 18 heavy (non-hydrogen) atoms. The summed E-state index contributed by atoms with van der Waals surface area (Å²) in [7, 11) is 0. The van der Waals surface area contributed by atoms with E-state index in [9.17, 15) is 9.59 Å². The van der Waals surface area contributed by atoms with E-state index < -0.39 is 0 Å².